The van der Waals surface area contributed by atoms with Gasteiger partial charge in [-0.05, 0) is 0 Å². The molecule has 0 aliphatic carbocycles. The molecule has 0 unspecified atom stereocenters. The summed E-state index contributed by atoms with van der Waals surface area (Å²) in [7, 11) is -7.80. The Balaban J connectivity index is -0.0000000383. The molecule has 0 fully saturated rings. The standard InChI is InChI=1S/Fe.Na.H2O4S.H2O3Si.H/c;;1-5(2,3)4;1-4(2)3;/h;;(H2,1,2,3,4);1-2H;. The molecule has 0 spiro atoms. The van der Waals surface area contributed by atoms with Crippen molar-refractivity contribution in [3.05, 3.63) is 0 Å². The van der Waals surface area contributed by atoms with Gasteiger partial charge in [0.1, 0.15) is 0 Å². The fourth-order valence-corrected chi connectivity index (χ4v) is 0. The summed E-state index contributed by atoms with van der Waals surface area (Å²) < 4.78 is 40.3. The molecular weight excluding hydrogens is 251 g/mol. The van der Waals surface area contributed by atoms with Crippen LogP contribution in [0.4, 0.5) is 0 Å². The molecule has 0 aromatic carbocycles. The van der Waals surface area contributed by atoms with Crippen molar-refractivity contribution in [2.45, 2.75) is 0 Å². The first-order chi connectivity index (χ1) is 3.73. The van der Waals surface area contributed by atoms with Gasteiger partial charge in [0.2, 0.25) is 0 Å². The minimum atomic E-state index is -4.67. The topological polar surface area (TPSA) is 132 Å². The van der Waals surface area contributed by atoms with E-state index >= 15 is 0 Å². The molecule has 66 valence electrons. The van der Waals surface area contributed by atoms with Gasteiger partial charge in [-0.1, -0.05) is 0 Å². The SMILES string of the molecule is O=S(=O)(O)O.O=[Si](O)O.[Fe].[NaH]. The van der Waals surface area contributed by atoms with Crippen molar-refractivity contribution in [2.24, 2.45) is 0 Å². The maximum absolute atomic E-state index is 8.74. The van der Waals surface area contributed by atoms with E-state index in [1.165, 1.54) is 0 Å². The molecule has 0 aliphatic rings. The molecule has 0 heterocycles. The van der Waals surface area contributed by atoms with Crippen LogP contribution in [-0.4, -0.2) is 65.8 Å². The van der Waals surface area contributed by atoms with E-state index in [-0.39, 0.29) is 46.6 Å². The Hall–Kier alpha value is 1.01. The Kier molecular flexibility index (Phi) is 22.7. The Morgan fingerprint density at radius 3 is 1.09 bits per heavy atom. The zero-order valence-corrected chi connectivity index (χ0v) is 7.20. The Morgan fingerprint density at radius 1 is 1.09 bits per heavy atom. The molecule has 11 heavy (non-hydrogen) atoms. The predicted octanol–water partition coefficient (Wildman–Crippen LogP) is -2.92. The van der Waals surface area contributed by atoms with Gasteiger partial charge in [0.05, 0.1) is 0 Å². The number of hydrogen-bond acceptors (Lipinski definition) is 3. The first kappa shape index (κ1) is 22.7. The second-order valence-electron chi connectivity index (χ2n) is 0.730. The van der Waals surface area contributed by atoms with Crippen LogP contribution in [0.1, 0.15) is 0 Å². The third-order valence-electron chi connectivity index (χ3n) is 0. The van der Waals surface area contributed by atoms with E-state index in [2.05, 4.69) is 0 Å². The maximum atomic E-state index is 8.74. The van der Waals surface area contributed by atoms with Crippen molar-refractivity contribution in [3.63, 3.8) is 0 Å². The van der Waals surface area contributed by atoms with Crippen LogP contribution in [0.15, 0.2) is 0 Å². The average molecular weight is 256 g/mol. The van der Waals surface area contributed by atoms with E-state index in [0.717, 1.165) is 0 Å². The summed E-state index contributed by atoms with van der Waals surface area (Å²) in [6.07, 6.45) is 0. The summed E-state index contributed by atoms with van der Waals surface area (Å²) in [4.78, 5) is 14.3. The van der Waals surface area contributed by atoms with Crippen LogP contribution in [0.2, 0.25) is 0 Å². The van der Waals surface area contributed by atoms with Gasteiger partial charge in [-0.25, -0.2) is 0 Å². The van der Waals surface area contributed by atoms with Crippen molar-refractivity contribution in [3.8, 4) is 0 Å². The van der Waals surface area contributed by atoms with Gasteiger partial charge < -0.3 is 9.59 Å². The van der Waals surface area contributed by atoms with Crippen molar-refractivity contribution in [1.82, 2.24) is 0 Å². The first-order valence-corrected chi connectivity index (χ1v) is 4.05. The van der Waals surface area contributed by atoms with Gasteiger partial charge >= 0.3 is 49.1 Å². The van der Waals surface area contributed by atoms with Crippen molar-refractivity contribution in [2.75, 3.05) is 0 Å². The molecule has 0 aromatic heterocycles. The van der Waals surface area contributed by atoms with E-state index < -0.39 is 19.6 Å². The molecule has 11 heteroatoms. The zero-order valence-electron chi connectivity index (χ0n) is 4.28. The first-order valence-electron chi connectivity index (χ1n) is 1.35. The minimum absolute atomic E-state index is 0. The zero-order chi connectivity index (χ0) is 8.08. The summed E-state index contributed by atoms with van der Waals surface area (Å²) in [5.41, 5.74) is 0. The predicted molar refractivity (Wildman–Crippen MR) is 32.2 cm³/mol. The van der Waals surface area contributed by atoms with Crippen LogP contribution < -0.4 is 0 Å². The molecule has 0 amide bonds. The molecule has 0 bridgehead atoms. The normalized spacial score (nSPS) is 7.45. The Labute approximate surface area is 97.1 Å². The van der Waals surface area contributed by atoms with Crippen LogP contribution in [0, 0.1) is 0 Å². The van der Waals surface area contributed by atoms with Crippen molar-refractivity contribution < 1.29 is 48.6 Å². The molecule has 7 nitrogen and oxygen atoms in total. The molecule has 0 saturated heterocycles. The van der Waals surface area contributed by atoms with Crippen LogP contribution in [-0.2, 0) is 31.9 Å². The Bertz CT molecular complexity index is 161. The van der Waals surface area contributed by atoms with Crippen molar-refractivity contribution in [1.29, 1.82) is 0 Å². The molecular formula is H5FeNaO7SSi. The van der Waals surface area contributed by atoms with Gasteiger partial charge in [-0.3, -0.25) is 13.6 Å². The van der Waals surface area contributed by atoms with Gasteiger partial charge in [0.15, 0.2) is 0 Å². The summed E-state index contributed by atoms with van der Waals surface area (Å²) in [6.45, 7) is 0. The summed E-state index contributed by atoms with van der Waals surface area (Å²) in [6, 6.07) is 0. The second-order valence-corrected chi connectivity index (χ2v) is 2.19. The van der Waals surface area contributed by atoms with Crippen LogP contribution in [0.5, 0.6) is 0 Å². The van der Waals surface area contributed by atoms with E-state index in [1.807, 2.05) is 0 Å². The average Bonchev–Trinajstić information content (AvgIpc) is 1.19. The third kappa shape index (κ3) is 882. The molecule has 0 aromatic rings. The van der Waals surface area contributed by atoms with E-state index in [1.54, 1.807) is 0 Å². The van der Waals surface area contributed by atoms with Gasteiger partial charge in [0.25, 0.3) is 0 Å². The quantitative estimate of drug-likeness (QED) is 0.269. The van der Waals surface area contributed by atoms with Gasteiger partial charge in [0, 0.05) is 17.1 Å². The van der Waals surface area contributed by atoms with Crippen LogP contribution >= 0.6 is 0 Å². The number of hydrogen-bond donors (Lipinski definition) is 4. The van der Waals surface area contributed by atoms with Crippen LogP contribution in [0.3, 0.4) is 0 Å². The summed E-state index contributed by atoms with van der Waals surface area (Å²) >= 11 is 0. The molecule has 0 atom stereocenters. The monoisotopic (exact) mass is 256 g/mol. The van der Waals surface area contributed by atoms with Crippen molar-refractivity contribution >= 4 is 49.1 Å². The van der Waals surface area contributed by atoms with Gasteiger partial charge in [-0.2, -0.15) is 8.42 Å². The van der Waals surface area contributed by atoms with Gasteiger partial charge in [-0.15, -0.1) is 0 Å². The molecule has 0 rings (SSSR count). The molecule has 4 N–H and O–H groups in total. The van der Waals surface area contributed by atoms with E-state index in [9.17, 15) is 0 Å². The summed E-state index contributed by atoms with van der Waals surface area (Å²) in [5, 5.41) is 0. The number of rotatable bonds is 0. The third-order valence-corrected chi connectivity index (χ3v) is 0. The fourth-order valence-electron chi connectivity index (χ4n) is 0. The van der Waals surface area contributed by atoms with E-state index in [0.29, 0.717) is 0 Å². The van der Waals surface area contributed by atoms with E-state index in [4.69, 9.17) is 31.6 Å². The van der Waals surface area contributed by atoms with Crippen LogP contribution in [0.25, 0.3) is 0 Å². The molecule has 0 aliphatic heterocycles. The summed E-state index contributed by atoms with van der Waals surface area (Å²) in [5.74, 6) is 0. The second kappa shape index (κ2) is 11.0. The Morgan fingerprint density at radius 2 is 1.09 bits per heavy atom. The fraction of sp³-hybridized carbons (Fsp3) is 0. The molecule has 0 radical (unpaired) electrons. The molecule has 0 saturated carbocycles.